The first kappa shape index (κ1) is 14.9. The van der Waals surface area contributed by atoms with Crippen molar-refractivity contribution in [3.8, 4) is 0 Å². The largest absolute Gasteiger partial charge is 0.381 e. The Hall–Kier alpha value is -0.170. The van der Waals surface area contributed by atoms with E-state index in [2.05, 4.69) is 18.6 Å². The van der Waals surface area contributed by atoms with Crippen LogP contribution in [0.3, 0.4) is 0 Å². The normalized spacial score (nSPS) is 20.7. The quantitative estimate of drug-likeness (QED) is 0.730. The van der Waals surface area contributed by atoms with Crippen LogP contribution in [0.1, 0.15) is 33.1 Å². The van der Waals surface area contributed by atoms with E-state index >= 15 is 0 Å². The smallest absolute Gasteiger partial charge is 0.214 e. The highest BCUT2D eigenvalue weighted by Crippen LogP contribution is 2.16. The summed E-state index contributed by atoms with van der Waals surface area (Å²) in [6.07, 6.45) is 1.93. The van der Waals surface area contributed by atoms with Gasteiger partial charge in [0.05, 0.1) is 5.25 Å². The van der Waals surface area contributed by atoms with Gasteiger partial charge in [0.1, 0.15) is 0 Å². The van der Waals surface area contributed by atoms with E-state index in [1.165, 1.54) is 0 Å². The van der Waals surface area contributed by atoms with E-state index in [-0.39, 0.29) is 11.3 Å². The summed E-state index contributed by atoms with van der Waals surface area (Å²) in [4.78, 5) is 0. The van der Waals surface area contributed by atoms with Gasteiger partial charge in [0.2, 0.25) is 10.0 Å². The van der Waals surface area contributed by atoms with Crippen LogP contribution in [0.4, 0.5) is 0 Å². The minimum atomic E-state index is -3.25. The molecule has 0 aromatic heterocycles. The molecule has 1 rings (SSSR count). The maximum atomic E-state index is 12.1. The zero-order valence-corrected chi connectivity index (χ0v) is 11.5. The van der Waals surface area contributed by atoms with Crippen molar-refractivity contribution in [2.24, 2.45) is 11.7 Å². The molecule has 0 amide bonds. The average molecular weight is 264 g/mol. The Morgan fingerprint density at radius 3 is 2.41 bits per heavy atom. The van der Waals surface area contributed by atoms with Crippen molar-refractivity contribution in [1.82, 2.24) is 4.72 Å². The fraction of sp³-hybridized carbons (Fsp3) is 1.00. The lowest BCUT2D eigenvalue weighted by molar-refractivity contribution is 0.0980. The third-order valence-corrected chi connectivity index (χ3v) is 4.99. The third kappa shape index (κ3) is 4.91. The summed E-state index contributed by atoms with van der Waals surface area (Å²) >= 11 is 0. The van der Waals surface area contributed by atoms with Gasteiger partial charge in [0.15, 0.2) is 0 Å². The van der Waals surface area contributed by atoms with Gasteiger partial charge in [-0.05, 0) is 25.2 Å². The molecular formula is C11H24N2O3S. The highest BCUT2D eigenvalue weighted by atomic mass is 32.2. The van der Waals surface area contributed by atoms with Crippen LogP contribution in [0.2, 0.25) is 0 Å². The van der Waals surface area contributed by atoms with Gasteiger partial charge in [-0.25, -0.2) is 13.1 Å². The van der Waals surface area contributed by atoms with Gasteiger partial charge < -0.3 is 10.5 Å². The van der Waals surface area contributed by atoms with Crippen LogP contribution in [0.15, 0.2) is 0 Å². The number of hydrogen-bond acceptors (Lipinski definition) is 4. The van der Waals surface area contributed by atoms with E-state index in [0.717, 1.165) is 6.42 Å². The van der Waals surface area contributed by atoms with E-state index in [9.17, 15) is 8.42 Å². The summed E-state index contributed by atoms with van der Waals surface area (Å²) in [5.41, 5.74) is 5.61. The fourth-order valence-electron chi connectivity index (χ4n) is 2.08. The maximum Gasteiger partial charge on any atom is 0.214 e. The van der Waals surface area contributed by atoms with Crippen LogP contribution in [-0.4, -0.2) is 39.5 Å². The van der Waals surface area contributed by atoms with E-state index in [1.807, 2.05) is 0 Å². The molecule has 1 heterocycles. The molecule has 0 bridgehead atoms. The molecule has 1 atom stereocenters. The monoisotopic (exact) mass is 264 g/mol. The van der Waals surface area contributed by atoms with Crippen LogP contribution >= 0.6 is 0 Å². The topological polar surface area (TPSA) is 81.4 Å². The number of hydrogen-bond donors (Lipinski definition) is 2. The molecule has 0 aliphatic carbocycles. The van der Waals surface area contributed by atoms with Crippen molar-refractivity contribution < 1.29 is 13.2 Å². The van der Waals surface area contributed by atoms with Gasteiger partial charge in [-0.15, -0.1) is 0 Å². The Bertz CT molecular complexity index is 311. The molecule has 6 heteroatoms. The second-order valence-corrected chi connectivity index (χ2v) is 7.03. The molecular weight excluding hydrogens is 240 g/mol. The van der Waals surface area contributed by atoms with E-state index in [1.54, 1.807) is 0 Å². The molecule has 102 valence electrons. The zero-order valence-electron chi connectivity index (χ0n) is 10.7. The lowest BCUT2D eigenvalue weighted by Crippen LogP contribution is -2.46. The minimum absolute atomic E-state index is 0.150. The predicted octanol–water partition coefficient (Wildman–Crippen LogP) is 0.458. The van der Waals surface area contributed by atoms with E-state index in [4.69, 9.17) is 10.5 Å². The van der Waals surface area contributed by atoms with Crippen molar-refractivity contribution in [1.29, 1.82) is 0 Å². The summed E-state index contributed by atoms with van der Waals surface area (Å²) in [6.45, 7) is 5.53. The lowest BCUT2D eigenvalue weighted by Gasteiger charge is -2.26. The van der Waals surface area contributed by atoms with Crippen LogP contribution in [0.5, 0.6) is 0 Å². The molecule has 1 unspecified atom stereocenters. The van der Waals surface area contributed by atoms with Gasteiger partial charge in [0, 0.05) is 25.8 Å². The highest BCUT2D eigenvalue weighted by molar-refractivity contribution is 7.90. The molecule has 0 aromatic rings. The number of rotatable bonds is 6. The SMILES string of the molecule is CC(C)CC(CN)NS(=O)(=O)C1CCOCC1. The van der Waals surface area contributed by atoms with Gasteiger partial charge in [-0.3, -0.25) is 0 Å². The second-order valence-electron chi connectivity index (χ2n) is 5.04. The average Bonchev–Trinajstić information content (AvgIpc) is 2.28. The molecule has 17 heavy (non-hydrogen) atoms. The Morgan fingerprint density at radius 2 is 1.94 bits per heavy atom. The third-order valence-electron chi connectivity index (χ3n) is 2.98. The summed E-state index contributed by atoms with van der Waals surface area (Å²) in [6, 6.07) is -0.150. The van der Waals surface area contributed by atoms with E-state index in [0.29, 0.717) is 38.5 Å². The summed E-state index contributed by atoms with van der Waals surface area (Å²) < 4.78 is 32.1. The molecule has 0 spiro atoms. The van der Waals surface area contributed by atoms with Crippen LogP contribution in [0, 0.1) is 5.92 Å². The highest BCUT2D eigenvalue weighted by Gasteiger charge is 2.29. The minimum Gasteiger partial charge on any atom is -0.381 e. The first-order valence-electron chi connectivity index (χ1n) is 6.24. The molecule has 1 aliphatic rings. The van der Waals surface area contributed by atoms with Crippen LogP contribution in [-0.2, 0) is 14.8 Å². The van der Waals surface area contributed by atoms with Gasteiger partial charge in [0.25, 0.3) is 0 Å². The Morgan fingerprint density at radius 1 is 1.35 bits per heavy atom. The lowest BCUT2D eigenvalue weighted by atomic mass is 10.1. The molecule has 3 N–H and O–H groups in total. The summed E-state index contributed by atoms with van der Waals surface area (Å²) in [5.74, 6) is 0.431. The fourth-order valence-corrected chi connectivity index (χ4v) is 3.74. The van der Waals surface area contributed by atoms with E-state index < -0.39 is 10.0 Å². The molecule has 0 saturated carbocycles. The Balaban J connectivity index is 2.56. The summed E-state index contributed by atoms with van der Waals surface area (Å²) in [7, 11) is -3.25. The maximum absolute atomic E-state index is 12.1. The van der Waals surface area contributed by atoms with Crippen LogP contribution < -0.4 is 10.5 Å². The Labute approximate surface area is 104 Å². The standard InChI is InChI=1S/C11H24N2O3S/c1-9(2)7-10(8-12)13-17(14,15)11-3-5-16-6-4-11/h9-11,13H,3-8,12H2,1-2H3. The molecule has 1 aliphatic heterocycles. The predicted molar refractivity (Wildman–Crippen MR) is 68.2 cm³/mol. The molecule has 5 nitrogen and oxygen atoms in total. The van der Waals surface area contributed by atoms with Crippen molar-refractivity contribution in [2.45, 2.75) is 44.4 Å². The molecule has 1 saturated heterocycles. The van der Waals surface area contributed by atoms with Crippen molar-refractivity contribution in [3.05, 3.63) is 0 Å². The number of ether oxygens (including phenoxy) is 1. The van der Waals surface area contributed by atoms with Crippen molar-refractivity contribution in [3.63, 3.8) is 0 Å². The van der Waals surface area contributed by atoms with Gasteiger partial charge in [-0.1, -0.05) is 13.8 Å². The van der Waals surface area contributed by atoms with Crippen molar-refractivity contribution in [2.75, 3.05) is 19.8 Å². The molecule has 0 aromatic carbocycles. The Kier molecular flexibility index (Phi) is 5.85. The van der Waals surface area contributed by atoms with Crippen molar-refractivity contribution >= 4 is 10.0 Å². The number of nitrogens with one attached hydrogen (secondary N) is 1. The molecule has 0 radical (unpaired) electrons. The van der Waals surface area contributed by atoms with Crippen LogP contribution in [0.25, 0.3) is 0 Å². The summed E-state index contributed by atoms with van der Waals surface area (Å²) in [5, 5.41) is -0.322. The number of sulfonamides is 1. The molecule has 1 fully saturated rings. The number of nitrogens with two attached hydrogens (primary N) is 1. The van der Waals surface area contributed by atoms with Gasteiger partial charge >= 0.3 is 0 Å². The second kappa shape index (κ2) is 6.68. The van der Waals surface area contributed by atoms with Gasteiger partial charge in [-0.2, -0.15) is 0 Å². The zero-order chi connectivity index (χ0) is 12.9. The first-order valence-corrected chi connectivity index (χ1v) is 7.79. The first-order chi connectivity index (χ1) is 7.95.